The van der Waals surface area contributed by atoms with Crippen LogP contribution < -0.4 is 4.90 Å². The lowest BCUT2D eigenvalue weighted by Crippen LogP contribution is -2.17. The fourth-order valence-corrected chi connectivity index (χ4v) is 7.55. The summed E-state index contributed by atoms with van der Waals surface area (Å²) in [5.74, 6) is 0. The number of benzene rings is 8. The molecule has 0 atom stereocenters. The first-order valence-electron chi connectivity index (χ1n) is 17.0. The summed E-state index contributed by atoms with van der Waals surface area (Å²) in [5.41, 5.74) is 11.8. The van der Waals surface area contributed by atoms with Crippen LogP contribution in [0.5, 0.6) is 0 Å². The Morgan fingerprint density at radius 2 is 1.04 bits per heavy atom. The molecule has 0 aliphatic rings. The second-order valence-electron chi connectivity index (χ2n) is 12.9. The van der Waals surface area contributed by atoms with Gasteiger partial charge in [-0.2, -0.15) is 0 Å². The topological polar surface area (TPSA) is 29.5 Å². The van der Waals surface area contributed by atoms with Gasteiger partial charge in [-0.05, 0) is 70.1 Å². The first-order chi connectivity index (χ1) is 24.8. The first-order valence-corrected chi connectivity index (χ1v) is 17.0. The van der Waals surface area contributed by atoms with Crippen LogP contribution in [0, 0.1) is 0 Å². The van der Waals surface area contributed by atoms with Gasteiger partial charge in [0.1, 0.15) is 22.3 Å². The van der Waals surface area contributed by atoms with Gasteiger partial charge in [-0.25, -0.2) is 0 Å². The summed E-state index contributed by atoms with van der Waals surface area (Å²) in [5, 5.41) is 6.85. The van der Waals surface area contributed by atoms with Crippen LogP contribution in [0.25, 0.3) is 76.9 Å². The van der Waals surface area contributed by atoms with E-state index in [0.717, 1.165) is 71.8 Å². The van der Waals surface area contributed by atoms with E-state index in [2.05, 4.69) is 157 Å². The molecular weight excluding hydrogens is 611 g/mol. The molecule has 3 heteroatoms. The Balaban J connectivity index is 1.14. The van der Waals surface area contributed by atoms with Crippen molar-refractivity contribution in [3.05, 3.63) is 181 Å². The maximum Gasteiger partial charge on any atom is 0.143 e. The molecule has 2 heterocycles. The Hall–Kier alpha value is -6.58. The summed E-state index contributed by atoms with van der Waals surface area (Å²) >= 11 is 0. The minimum absolute atomic E-state index is 0.687. The largest absolute Gasteiger partial charge is 0.456 e. The molecule has 50 heavy (non-hydrogen) atoms. The summed E-state index contributed by atoms with van der Waals surface area (Å²) in [7, 11) is 0. The zero-order valence-electron chi connectivity index (χ0n) is 27.2. The van der Waals surface area contributed by atoms with E-state index in [1.54, 1.807) is 0 Å². The SMILES string of the molecule is c1ccc(-c2ccccc2CN(c2ccc(-c3cccc4c3oc3ccccc34)cc2)c2cccc3cc4oc5ccccc5c4cc23)cc1. The van der Waals surface area contributed by atoms with Crippen LogP contribution in [-0.2, 0) is 6.54 Å². The van der Waals surface area contributed by atoms with E-state index >= 15 is 0 Å². The molecule has 0 amide bonds. The van der Waals surface area contributed by atoms with Crippen molar-refractivity contribution in [2.75, 3.05) is 4.90 Å². The third-order valence-corrected chi connectivity index (χ3v) is 9.97. The summed E-state index contributed by atoms with van der Waals surface area (Å²) in [4.78, 5) is 2.45. The quantitative estimate of drug-likeness (QED) is 0.181. The van der Waals surface area contributed by atoms with Gasteiger partial charge < -0.3 is 13.7 Å². The molecule has 10 rings (SSSR count). The number of hydrogen-bond acceptors (Lipinski definition) is 3. The van der Waals surface area contributed by atoms with Crippen LogP contribution in [0.3, 0.4) is 0 Å². The fraction of sp³-hybridized carbons (Fsp3) is 0.0213. The monoisotopic (exact) mass is 641 g/mol. The van der Waals surface area contributed by atoms with E-state index in [1.165, 1.54) is 22.1 Å². The van der Waals surface area contributed by atoms with Crippen LogP contribution in [0.1, 0.15) is 5.56 Å². The highest BCUT2D eigenvalue weighted by Gasteiger charge is 2.19. The van der Waals surface area contributed by atoms with Gasteiger partial charge in [0.15, 0.2) is 0 Å². The standard InChI is InChI=1S/C47H31NO2/c1-2-12-31(13-3-1)36-16-5-4-14-34(36)30-48(43-21-10-15-33-28-46-42(29-41(33)43)39-18-7-8-22-44(39)49-46)35-26-24-32(25-27-35)37-19-11-20-40-38-17-6-9-23-45(38)50-47(37)40/h1-29H,30H2. The van der Waals surface area contributed by atoms with Crippen LogP contribution in [-0.4, -0.2) is 0 Å². The van der Waals surface area contributed by atoms with Crippen molar-refractivity contribution in [3.8, 4) is 22.3 Å². The number of fused-ring (bicyclic) bond motifs is 7. The van der Waals surface area contributed by atoms with Crippen LogP contribution >= 0.6 is 0 Å². The van der Waals surface area contributed by atoms with E-state index in [-0.39, 0.29) is 0 Å². The van der Waals surface area contributed by atoms with E-state index in [4.69, 9.17) is 8.83 Å². The van der Waals surface area contributed by atoms with Crippen molar-refractivity contribution >= 4 is 66.0 Å². The Morgan fingerprint density at radius 1 is 0.400 bits per heavy atom. The number of rotatable bonds is 6. The van der Waals surface area contributed by atoms with Crippen molar-refractivity contribution in [2.45, 2.75) is 6.54 Å². The fourth-order valence-electron chi connectivity index (χ4n) is 7.55. The molecule has 0 aliphatic heterocycles. The molecule has 236 valence electrons. The number of para-hydroxylation sites is 3. The second kappa shape index (κ2) is 11.5. The van der Waals surface area contributed by atoms with Crippen molar-refractivity contribution in [1.82, 2.24) is 0 Å². The third kappa shape index (κ3) is 4.67. The van der Waals surface area contributed by atoms with Gasteiger partial charge in [-0.1, -0.05) is 133 Å². The predicted octanol–water partition coefficient (Wildman–Crippen LogP) is 13.3. The highest BCUT2D eigenvalue weighted by Crippen LogP contribution is 2.41. The number of nitrogens with zero attached hydrogens (tertiary/aromatic N) is 1. The van der Waals surface area contributed by atoms with Gasteiger partial charge in [0, 0.05) is 50.4 Å². The van der Waals surface area contributed by atoms with E-state index in [1.807, 2.05) is 24.3 Å². The van der Waals surface area contributed by atoms with Gasteiger partial charge in [0.2, 0.25) is 0 Å². The summed E-state index contributed by atoms with van der Waals surface area (Å²) in [6.07, 6.45) is 0. The smallest absolute Gasteiger partial charge is 0.143 e. The molecule has 3 nitrogen and oxygen atoms in total. The highest BCUT2D eigenvalue weighted by atomic mass is 16.3. The molecule has 0 fully saturated rings. The van der Waals surface area contributed by atoms with Gasteiger partial charge in [0.25, 0.3) is 0 Å². The van der Waals surface area contributed by atoms with E-state index < -0.39 is 0 Å². The Bertz CT molecular complexity index is 2840. The molecule has 0 spiro atoms. The molecule has 0 unspecified atom stereocenters. The molecule has 0 N–H and O–H groups in total. The third-order valence-electron chi connectivity index (χ3n) is 9.97. The lowest BCUT2D eigenvalue weighted by atomic mass is 9.98. The molecule has 0 radical (unpaired) electrons. The zero-order chi connectivity index (χ0) is 33.0. The molecule has 0 saturated carbocycles. The molecule has 0 bridgehead atoms. The minimum atomic E-state index is 0.687. The van der Waals surface area contributed by atoms with Crippen LogP contribution in [0.15, 0.2) is 185 Å². The Morgan fingerprint density at radius 3 is 1.88 bits per heavy atom. The molecule has 8 aromatic carbocycles. The summed E-state index contributed by atoms with van der Waals surface area (Å²) < 4.78 is 12.7. The second-order valence-corrected chi connectivity index (χ2v) is 12.9. The summed E-state index contributed by atoms with van der Waals surface area (Å²) in [6, 6.07) is 62.4. The first kappa shape index (κ1) is 28.4. The average molecular weight is 642 g/mol. The number of furan rings is 2. The van der Waals surface area contributed by atoms with Gasteiger partial charge >= 0.3 is 0 Å². The maximum atomic E-state index is 6.41. The van der Waals surface area contributed by atoms with E-state index in [0.29, 0.717) is 6.54 Å². The molecule has 2 aromatic heterocycles. The average Bonchev–Trinajstić information content (AvgIpc) is 3.74. The Kier molecular flexibility index (Phi) is 6.56. The predicted molar refractivity (Wildman–Crippen MR) is 208 cm³/mol. The van der Waals surface area contributed by atoms with Gasteiger partial charge in [0.05, 0.1) is 0 Å². The van der Waals surface area contributed by atoms with Gasteiger partial charge in [-0.3, -0.25) is 0 Å². The molecular formula is C47H31NO2. The zero-order valence-corrected chi connectivity index (χ0v) is 27.2. The number of anilines is 2. The van der Waals surface area contributed by atoms with Gasteiger partial charge in [-0.15, -0.1) is 0 Å². The summed E-state index contributed by atoms with van der Waals surface area (Å²) in [6.45, 7) is 0.687. The number of hydrogen-bond donors (Lipinski definition) is 0. The minimum Gasteiger partial charge on any atom is -0.456 e. The lowest BCUT2D eigenvalue weighted by molar-refractivity contribution is 0.669. The van der Waals surface area contributed by atoms with Crippen molar-refractivity contribution < 1.29 is 8.83 Å². The van der Waals surface area contributed by atoms with Crippen molar-refractivity contribution in [3.63, 3.8) is 0 Å². The molecule has 10 aromatic rings. The maximum absolute atomic E-state index is 6.41. The molecule has 0 saturated heterocycles. The van der Waals surface area contributed by atoms with Crippen LogP contribution in [0.4, 0.5) is 11.4 Å². The molecule has 0 aliphatic carbocycles. The highest BCUT2D eigenvalue weighted by molar-refractivity contribution is 6.13. The van der Waals surface area contributed by atoms with E-state index in [9.17, 15) is 0 Å². The van der Waals surface area contributed by atoms with Crippen LogP contribution in [0.2, 0.25) is 0 Å². The Labute approximate surface area is 289 Å². The van der Waals surface area contributed by atoms with Crippen molar-refractivity contribution in [2.24, 2.45) is 0 Å². The normalized spacial score (nSPS) is 11.7. The lowest BCUT2D eigenvalue weighted by Gasteiger charge is -2.28. The van der Waals surface area contributed by atoms with Crippen molar-refractivity contribution in [1.29, 1.82) is 0 Å².